The van der Waals surface area contributed by atoms with Crippen molar-refractivity contribution in [1.29, 1.82) is 0 Å². The number of carbonyl (C=O) groups is 2. The summed E-state index contributed by atoms with van der Waals surface area (Å²) in [6.45, 7) is 1.21. The number of rotatable bonds is 5. The van der Waals surface area contributed by atoms with Crippen LogP contribution in [0.15, 0.2) is 30.3 Å². The molecule has 4 rings (SSSR count). The Morgan fingerprint density at radius 2 is 1.81 bits per heavy atom. The van der Waals surface area contributed by atoms with E-state index in [1.807, 2.05) is 34.9 Å². The number of imidazole rings is 1. The second-order valence-electron chi connectivity index (χ2n) is 7.46. The molecule has 2 aliphatic rings. The molecule has 0 atom stereocenters. The minimum Gasteiger partial charge on any atom is -0.347 e. The molecule has 6 heteroatoms. The first-order valence-corrected chi connectivity index (χ1v) is 9.95. The molecule has 1 aromatic carbocycles. The first kappa shape index (κ1) is 17.8. The average Bonchev–Trinajstić information content (AvgIpc) is 3.34. The predicted octanol–water partition coefficient (Wildman–Crippen LogP) is 2.82. The summed E-state index contributed by atoms with van der Waals surface area (Å²) in [6, 6.07) is 10.0. The van der Waals surface area contributed by atoms with E-state index in [-0.39, 0.29) is 17.9 Å². The minimum atomic E-state index is -0.204. The molecule has 2 N–H and O–H groups in total. The summed E-state index contributed by atoms with van der Waals surface area (Å²) in [6.07, 6.45) is 7.22. The van der Waals surface area contributed by atoms with Crippen LogP contribution < -0.4 is 10.6 Å². The van der Waals surface area contributed by atoms with E-state index in [2.05, 4.69) is 15.6 Å². The molecule has 1 aliphatic heterocycles. The van der Waals surface area contributed by atoms with Crippen molar-refractivity contribution in [3.63, 3.8) is 0 Å². The van der Waals surface area contributed by atoms with Gasteiger partial charge in [0, 0.05) is 19.1 Å². The second kappa shape index (κ2) is 7.94. The Kier molecular flexibility index (Phi) is 5.23. The third-order valence-corrected chi connectivity index (χ3v) is 5.52. The molecule has 2 amide bonds. The molecule has 1 fully saturated rings. The van der Waals surface area contributed by atoms with Gasteiger partial charge in [0.15, 0.2) is 5.82 Å². The summed E-state index contributed by atoms with van der Waals surface area (Å²) in [5, 5.41) is 6.05. The van der Waals surface area contributed by atoms with Crippen molar-refractivity contribution in [2.75, 3.05) is 0 Å². The van der Waals surface area contributed by atoms with Crippen LogP contribution in [-0.4, -0.2) is 27.4 Å². The summed E-state index contributed by atoms with van der Waals surface area (Å²) in [7, 11) is 0. The molecule has 27 heavy (non-hydrogen) atoms. The molecule has 6 nitrogen and oxygen atoms in total. The lowest BCUT2D eigenvalue weighted by molar-refractivity contribution is 0.0921. The number of nitrogens with zero attached hydrogens (tertiary/aromatic N) is 2. The van der Waals surface area contributed by atoms with E-state index in [1.165, 1.54) is 0 Å². The topological polar surface area (TPSA) is 76.0 Å². The molecule has 142 valence electrons. The van der Waals surface area contributed by atoms with Crippen LogP contribution in [0.3, 0.4) is 0 Å². The van der Waals surface area contributed by atoms with Crippen LogP contribution in [0.1, 0.15) is 70.9 Å². The van der Waals surface area contributed by atoms with Crippen LogP contribution in [0.2, 0.25) is 0 Å². The number of aromatic nitrogens is 2. The highest BCUT2D eigenvalue weighted by Crippen LogP contribution is 2.23. The number of carbonyl (C=O) groups excluding carboxylic acids is 2. The van der Waals surface area contributed by atoms with Gasteiger partial charge < -0.3 is 15.2 Å². The lowest BCUT2D eigenvalue weighted by Gasteiger charge is -2.18. The Hall–Kier alpha value is -2.63. The van der Waals surface area contributed by atoms with Crippen molar-refractivity contribution in [2.24, 2.45) is 0 Å². The van der Waals surface area contributed by atoms with E-state index < -0.39 is 0 Å². The first-order valence-electron chi connectivity index (χ1n) is 9.95. The normalized spacial score (nSPS) is 16.7. The van der Waals surface area contributed by atoms with Crippen molar-refractivity contribution in [2.45, 2.75) is 64.1 Å². The molecule has 0 bridgehead atoms. The Bertz CT molecular complexity index is 822. The molecule has 0 saturated heterocycles. The maximum atomic E-state index is 12.8. The zero-order valence-corrected chi connectivity index (χ0v) is 15.5. The Morgan fingerprint density at radius 1 is 1.04 bits per heavy atom. The van der Waals surface area contributed by atoms with E-state index in [4.69, 9.17) is 0 Å². The van der Waals surface area contributed by atoms with E-state index in [0.29, 0.717) is 18.1 Å². The van der Waals surface area contributed by atoms with Gasteiger partial charge in [0.2, 0.25) is 0 Å². The number of nitrogens with one attached hydrogen (secondary N) is 2. The van der Waals surface area contributed by atoms with Crippen LogP contribution in [0, 0.1) is 0 Å². The van der Waals surface area contributed by atoms with Gasteiger partial charge in [-0.2, -0.15) is 0 Å². The second-order valence-corrected chi connectivity index (χ2v) is 7.46. The van der Waals surface area contributed by atoms with Gasteiger partial charge in [0.05, 0.1) is 5.69 Å². The van der Waals surface area contributed by atoms with Crippen molar-refractivity contribution in [3.05, 3.63) is 53.1 Å². The molecule has 0 unspecified atom stereocenters. The van der Waals surface area contributed by atoms with Crippen molar-refractivity contribution < 1.29 is 9.59 Å². The quantitative estimate of drug-likeness (QED) is 0.854. The minimum absolute atomic E-state index is 0.146. The summed E-state index contributed by atoms with van der Waals surface area (Å²) < 4.78 is 1.95. The summed E-state index contributed by atoms with van der Waals surface area (Å²) in [5.41, 5.74) is 2.34. The van der Waals surface area contributed by atoms with Gasteiger partial charge in [-0.15, -0.1) is 0 Å². The predicted molar refractivity (Wildman–Crippen MR) is 102 cm³/mol. The van der Waals surface area contributed by atoms with Gasteiger partial charge in [0.1, 0.15) is 5.69 Å². The highest BCUT2D eigenvalue weighted by atomic mass is 16.2. The third kappa shape index (κ3) is 3.89. The Labute approximate surface area is 159 Å². The SMILES string of the molecule is O=C(NCc1ccccc1)c1nc(C(=O)NC2CCCC2)n2c1CCCC2. The fourth-order valence-corrected chi connectivity index (χ4v) is 4.08. The molecule has 2 heterocycles. The van der Waals surface area contributed by atoms with Gasteiger partial charge in [0.25, 0.3) is 11.8 Å². The van der Waals surface area contributed by atoms with Gasteiger partial charge in [-0.1, -0.05) is 43.2 Å². The standard InChI is InChI=1S/C21H26N4O2/c26-20(22-14-15-8-2-1-3-9-15)18-17-12-6-7-13-25(17)19(24-18)21(27)23-16-10-4-5-11-16/h1-3,8-9,16H,4-7,10-14H2,(H,22,26)(H,23,27). The summed E-state index contributed by atoms with van der Waals surface area (Å²) >= 11 is 0. The number of amides is 2. The first-order chi connectivity index (χ1) is 13.2. The number of hydrogen-bond donors (Lipinski definition) is 2. The van der Waals surface area contributed by atoms with Crippen LogP contribution in [0.5, 0.6) is 0 Å². The van der Waals surface area contributed by atoms with E-state index in [0.717, 1.165) is 62.7 Å². The average molecular weight is 366 g/mol. The Morgan fingerprint density at radius 3 is 2.59 bits per heavy atom. The zero-order valence-electron chi connectivity index (χ0n) is 15.5. The molecule has 1 saturated carbocycles. The fourth-order valence-electron chi connectivity index (χ4n) is 4.08. The van der Waals surface area contributed by atoms with Gasteiger partial charge in [-0.3, -0.25) is 9.59 Å². The maximum Gasteiger partial charge on any atom is 0.287 e. The van der Waals surface area contributed by atoms with Gasteiger partial charge >= 0.3 is 0 Å². The lowest BCUT2D eigenvalue weighted by atomic mass is 10.1. The van der Waals surface area contributed by atoms with Crippen LogP contribution in [0.25, 0.3) is 0 Å². The molecular weight excluding hydrogens is 340 g/mol. The maximum absolute atomic E-state index is 12.8. The number of fused-ring (bicyclic) bond motifs is 1. The summed E-state index contributed by atoms with van der Waals surface area (Å²) in [5.74, 6) is 0.0399. The lowest BCUT2D eigenvalue weighted by Crippen LogP contribution is -2.35. The highest BCUT2D eigenvalue weighted by Gasteiger charge is 2.28. The van der Waals surface area contributed by atoms with Gasteiger partial charge in [-0.05, 0) is 37.7 Å². The fraction of sp³-hybridized carbons (Fsp3) is 0.476. The van der Waals surface area contributed by atoms with E-state index >= 15 is 0 Å². The number of benzene rings is 1. The molecule has 0 radical (unpaired) electrons. The third-order valence-electron chi connectivity index (χ3n) is 5.52. The molecule has 1 aromatic heterocycles. The van der Waals surface area contributed by atoms with Crippen molar-refractivity contribution in [3.8, 4) is 0 Å². The van der Waals surface area contributed by atoms with E-state index in [1.54, 1.807) is 0 Å². The molecule has 1 aliphatic carbocycles. The van der Waals surface area contributed by atoms with Crippen LogP contribution >= 0.6 is 0 Å². The molecule has 2 aromatic rings. The smallest absolute Gasteiger partial charge is 0.287 e. The highest BCUT2D eigenvalue weighted by molar-refractivity contribution is 5.97. The van der Waals surface area contributed by atoms with Crippen molar-refractivity contribution in [1.82, 2.24) is 20.2 Å². The van der Waals surface area contributed by atoms with Gasteiger partial charge in [-0.25, -0.2) is 4.98 Å². The monoisotopic (exact) mass is 366 g/mol. The largest absolute Gasteiger partial charge is 0.347 e. The van der Waals surface area contributed by atoms with E-state index in [9.17, 15) is 9.59 Å². The van der Waals surface area contributed by atoms with Crippen LogP contribution in [-0.2, 0) is 19.5 Å². The van der Waals surface area contributed by atoms with Crippen LogP contribution in [0.4, 0.5) is 0 Å². The zero-order chi connectivity index (χ0) is 18.6. The Balaban J connectivity index is 1.52. The van der Waals surface area contributed by atoms with Crippen molar-refractivity contribution >= 4 is 11.8 Å². The summed E-state index contributed by atoms with van der Waals surface area (Å²) in [4.78, 5) is 30.0. The molecular formula is C21H26N4O2. The number of hydrogen-bond acceptors (Lipinski definition) is 3. The molecule has 0 spiro atoms.